The molecule has 0 aliphatic heterocycles. The van der Waals surface area contributed by atoms with Gasteiger partial charge in [0.1, 0.15) is 12.7 Å². The molecule has 0 bridgehead atoms. The van der Waals surface area contributed by atoms with Crippen molar-refractivity contribution in [2.75, 3.05) is 19.8 Å². The highest BCUT2D eigenvalue weighted by atomic mass is 31.2. The molecule has 0 saturated carbocycles. The first-order chi connectivity index (χ1) is 31.6. The van der Waals surface area contributed by atoms with Gasteiger partial charge < -0.3 is 25.2 Å². The molecule has 1 amide bonds. The number of aliphatic carboxylic acids is 1. The minimum absolute atomic E-state index is 0.148. The van der Waals surface area contributed by atoms with Crippen molar-refractivity contribution >= 4 is 25.7 Å². The average Bonchev–Trinajstić information content (AvgIpc) is 3.28. The van der Waals surface area contributed by atoms with Gasteiger partial charge >= 0.3 is 19.8 Å². The maximum Gasteiger partial charge on any atom is 0.472 e. The van der Waals surface area contributed by atoms with Crippen LogP contribution in [0, 0.1) is 0 Å². The minimum Gasteiger partial charge on any atom is -0.480 e. The average molecular weight is 938 g/mol. The molecular formula is C53H96NO10P. The Bertz CT molecular complexity index is 1280. The number of amides is 1. The molecule has 0 fully saturated rings. The number of phosphoric acid groups is 1. The first-order valence-electron chi connectivity index (χ1n) is 26.2. The summed E-state index contributed by atoms with van der Waals surface area (Å²) in [5.74, 6) is -2.37. The van der Waals surface area contributed by atoms with Crippen molar-refractivity contribution in [3.05, 3.63) is 48.6 Å². The Morgan fingerprint density at radius 3 is 1.29 bits per heavy atom. The van der Waals surface area contributed by atoms with Gasteiger partial charge in [-0.3, -0.25) is 18.6 Å². The van der Waals surface area contributed by atoms with Gasteiger partial charge in [0.25, 0.3) is 0 Å². The number of hydrogen-bond acceptors (Lipinski definition) is 8. The van der Waals surface area contributed by atoms with E-state index in [9.17, 15) is 34.1 Å². The zero-order chi connectivity index (χ0) is 47.7. The highest BCUT2D eigenvalue weighted by Gasteiger charge is 2.28. The molecule has 0 spiro atoms. The molecule has 0 aromatic carbocycles. The van der Waals surface area contributed by atoms with Crippen LogP contribution in [0.3, 0.4) is 0 Å². The van der Waals surface area contributed by atoms with Crippen molar-refractivity contribution in [1.29, 1.82) is 0 Å². The monoisotopic (exact) mass is 938 g/mol. The van der Waals surface area contributed by atoms with Crippen LogP contribution in [-0.4, -0.2) is 64.9 Å². The van der Waals surface area contributed by atoms with Crippen LogP contribution in [0.1, 0.15) is 239 Å². The fourth-order valence-corrected chi connectivity index (χ4v) is 8.07. The predicted molar refractivity (Wildman–Crippen MR) is 268 cm³/mol. The van der Waals surface area contributed by atoms with E-state index in [1.807, 2.05) is 0 Å². The molecule has 0 aromatic rings. The Kier molecular flexibility index (Phi) is 46.0. The zero-order valence-electron chi connectivity index (χ0n) is 41.3. The minimum atomic E-state index is -4.76. The maximum absolute atomic E-state index is 12.4. The number of carbonyl (C=O) groups excluding carboxylic acids is 2. The van der Waals surface area contributed by atoms with Crippen LogP contribution in [0.2, 0.25) is 0 Å². The van der Waals surface area contributed by atoms with Crippen molar-refractivity contribution in [2.24, 2.45) is 0 Å². The summed E-state index contributed by atoms with van der Waals surface area (Å²) in [6.45, 7) is 2.59. The Morgan fingerprint density at radius 2 is 0.846 bits per heavy atom. The topological polar surface area (TPSA) is 169 Å². The number of carboxylic acid groups (broad SMARTS) is 1. The number of unbranched alkanes of at least 4 members (excludes halogenated alkanes) is 27. The molecule has 0 aromatic heterocycles. The Morgan fingerprint density at radius 1 is 0.492 bits per heavy atom. The molecule has 0 saturated heterocycles. The van der Waals surface area contributed by atoms with E-state index in [0.29, 0.717) is 12.8 Å². The normalized spacial score (nSPS) is 13.9. The first-order valence-corrected chi connectivity index (χ1v) is 27.7. The molecule has 3 atom stereocenters. The van der Waals surface area contributed by atoms with Crippen LogP contribution in [0.5, 0.6) is 0 Å². The lowest BCUT2D eigenvalue weighted by molar-refractivity contribution is -0.147. The van der Waals surface area contributed by atoms with Gasteiger partial charge in [0.15, 0.2) is 6.04 Å². The highest BCUT2D eigenvalue weighted by molar-refractivity contribution is 7.47. The van der Waals surface area contributed by atoms with Gasteiger partial charge in [0.2, 0.25) is 5.91 Å². The van der Waals surface area contributed by atoms with Crippen LogP contribution in [-0.2, 0) is 32.7 Å². The second kappa shape index (κ2) is 47.9. The largest absolute Gasteiger partial charge is 0.480 e. The SMILES string of the molecule is CCCCC/C=C\C/C=C\C/C=C\C/C=C\CCCCCCCCCC(=O)OCC(O)COP(=O)(O)OCC(NC(=O)CCCCCCCCCCCCCCCCCCCC)C(=O)O. The van der Waals surface area contributed by atoms with E-state index in [2.05, 4.69) is 67.8 Å². The van der Waals surface area contributed by atoms with Gasteiger partial charge in [0.05, 0.1) is 13.2 Å². The third kappa shape index (κ3) is 47.7. The third-order valence-corrected chi connectivity index (χ3v) is 12.3. The van der Waals surface area contributed by atoms with E-state index < -0.39 is 57.6 Å². The number of esters is 1. The van der Waals surface area contributed by atoms with Crippen molar-refractivity contribution in [1.82, 2.24) is 5.32 Å². The number of phosphoric ester groups is 1. The second-order valence-electron chi connectivity index (χ2n) is 17.7. The molecule has 0 heterocycles. The molecule has 0 aliphatic carbocycles. The van der Waals surface area contributed by atoms with Gasteiger partial charge in [-0.15, -0.1) is 0 Å². The number of allylic oxidation sites excluding steroid dienone is 8. The van der Waals surface area contributed by atoms with E-state index in [-0.39, 0.29) is 12.8 Å². The fraction of sp³-hybridized carbons (Fsp3) is 0.792. The lowest BCUT2D eigenvalue weighted by Gasteiger charge is -2.18. The molecular weight excluding hydrogens is 842 g/mol. The van der Waals surface area contributed by atoms with E-state index in [4.69, 9.17) is 13.8 Å². The Labute approximate surface area is 396 Å². The van der Waals surface area contributed by atoms with E-state index in [1.165, 1.54) is 128 Å². The van der Waals surface area contributed by atoms with Crippen LogP contribution < -0.4 is 5.32 Å². The van der Waals surface area contributed by atoms with E-state index in [0.717, 1.165) is 70.6 Å². The quantitative estimate of drug-likeness (QED) is 0.0199. The molecule has 4 N–H and O–H groups in total. The summed E-state index contributed by atoms with van der Waals surface area (Å²) in [6, 6.07) is -1.55. The molecule has 11 nitrogen and oxygen atoms in total. The number of carboxylic acids is 1. The molecule has 0 aliphatic rings. The fourth-order valence-electron chi connectivity index (χ4n) is 7.30. The van der Waals surface area contributed by atoms with Crippen LogP contribution in [0.4, 0.5) is 0 Å². The van der Waals surface area contributed by atoms with Gasteiger partial charge in [-0.05, 0) is 57.8 Å². The summed E-state index contributed by atoms with van der Waals surface area (Å²) in [7, 11) is -4.76. The lowest BCUT2D eigenvalue weighted by Crippen LogP contribution is -2.43. The number of aliphatic hydroxyl groups is 1. The lowest BCUT2D eigenvalue weighted by atomic mass is 10.0. The second-order valence-corrected chi connectivity index (χ2v) is 19.2. The molecule has 12 heteroatoms. The van der Waals surface area contributed by atoms with Crippen LogP contribution in [0.25, 0.3) is 0 Å². The van der Waals surface area contributed by atoms with Crippen molar-refractivity contribution < 1.29 is 47.8 Å². The van der Waals surface area contributed by atoms with Crippen molar-refractivity contribution in [3.8, 4) is 0 Å². The summed E-state index contributed by atoms with van der Waals surface area (Å²) in [5.41, 5.74) is 0. The van der Waals surface area contributed by atoms with Crippen LogP contribution >= 0.6 is 7.82 Å². The number of hydrogen-bond donors (Lipinski definition) is 4. The summed E-state index contributed by atoms with van der Waals surface area (Å²) in [6.07, 6.45) is 55.5. The maximum atomic E-state index is 12.4. The summed E-state index contributed by atoms with van der Waals surface area (Å²) in [4.78, 5) is 46.1. The Balaban J connectivity index is 3.83. The molecule has 0 radical (unpaired) electrons. The summed E-state index contributed by atoms with van der Waals surface area (Å²) >= 11 is 0. The van der Waals surface area contributed by atoms with Crippen molar-refractivity contribution in [3.63, 3.8) is 0 Å². The molecule has 3 unspecified atom stereocenters. The number of carbonyl (C=O) groups is 3. The van der Waals surface area contributed by atoms with Crippen molar-refractivity contribution in [2.45, 2.75) is 251 Å². The predicted octanol–water partition coefficient (Wildman–Crippen LogP) is 14.5. The van der Waals surface area contributed by atoms with E-state index in [1.54, 1.807) is 0 Å². The zero-order valence-corrected chi connectivity index (χ0v) is 42.2. The Hall–Kier alpha value is -2.56. The standard InChI is InChI=1S/C53H96NO10P/c1-3-5-7-9-11-13-15-17-19-21-23-24-25-26-27-29-31-33-35-37-39-41-43-45-52(57)62-46-49(55)47-63-65(60,61)64-48-50(53(58)59)54-51(56)44-42-40-38-36-34-32-30-28-22-20-18-16-14-12-10-8-6-4-2/h11,13,17,19,23-24,26-27,49-50,55H,3-10,12,14-16,18,20-22,25,28-48H2,1-2H3,(H,54,56)(H,58,59)(H,60,61)/b13-11-,19-17-,24-23-,27-26-. The van der Waals surface area contributed by atoms with Gasteiger partial charge in [0, 0.05) is 12.8 Å². The van der Waals surface area contributed by atoms with Gasteiger partial charge in [-0.1, -0.05) is 217 Å². The molecule has 65 heavy (non-hydrogen) atoms. The van der Waals surface area contributed by atoms with Gasteiger partial charge in [-0.25, -0.2) is 9.36 Å². The van der Waals surface area contributed by atoms with E-state index >= 15 is 0 Å². The number of nitrogens with one attached hydrogen (secondary N) is 1. The summed E-state index contributed by atoms with van der Waals surface area (Å²) in [5, 5.41) is 21.9. The first kappa shape index (κ1) is 62.4. The summed E-state index contributed by atoms with van der Waals surface area (Å²) < 4.78 is 27.0. The number of ether oxygens (including phenoxy) is 1. The smallest absolute Gasteiger partial charge is 0.472 e. The highest BCUT2D eigenvalue weighted by Crippen LogP contribution is 2.43. The van der Waals surface area contributed by atoms with Crippen LogP contribution in [0.15, 0.2) is 48.6 Å². The number of rotatable bonds is 49. The third-order valence-electron chi connectivity index (χ3n) is 11.4. The molecule has 378 valence electrons. The molecule has 0 rings (SSSR count). The number of aliphatic hydroxyl groups excluding tert-OH is 1. The van der Waals surface area contributed by atoms with Gasteiger partial charge in [-0.2, -0.15) is 0 Å².